The predicted molar refractivity (Wildman–Crippen MR) is 169 cm³/mol. The van der Waals surface area contributed by atoms with Crippen LogP contribution in [0.15, 0.2) is 24.4 Å². The minimum atomic E-state index is -3.57. The molecule has 3 aliphatic rings. The largest absolute Gasteiger partial charge is 0.495 e. The fourth-order valence-corrected chi connectivity index (χ4v) is 6.28. The molecule has 1 aliphatic carbocycles. The molecule has 5 rings (SSSR count). The van der Waals surface area contributed by atoms with Gasteiger partial charge in [0.05, 0.1) is 25.5 Å². The highest BCUT2D eigenvalue weighted by molar-refractivity contribution is 6.02. The summed E-state index contributed by atoms with van der Waals surface area (Å²) in [5.41, 5.74) is 0.532. The topological polar surface area (TPSA) is 120 Å². The van der Waals surface area contributed by atoms with Crippen molar-refractivity contribution >= 4 is 41.0 Å². The molecular weight excluding hydrogens is 600 g/mol. The quantitative estimate of drug-likeness (QED) is 0.461. The lowest BCUT2D eigenvalue weighted by Gasteiger charge is -2.37. The first-order chi connectivity index (χ1) is 21.7. The molecule has 2 aliphatic heterocycles. The van der Waals surface area contributed by atoms with Gasteiger partial charge in [0.15, 0.2) is 5.82 Å². The van der Waals surface area contributed by atoms with Gasteiger partial charge in [0.1, 0.15) is 17.0 Å². The summed E-state index contributed by atoms with van der Waals surface area (Å²) in [6.45, 7) is 5.72. The van der Waals surface area contributed by atoms with Gasteiger partial charge in [0, 0.05) is 44.8 Å². The molecule has 46 heavy (non-hydrogen) atoms. The summed E-state index contributed by atoms with van der Waals surface area (Å²) in [7, 11) is 4.54. The summed E-state index contributed by atoms with van der Waals surface area (Å²) in [4.78, 5) is 53.3. The highest BCUT2D eigenvalue weighted by Gasteiger charge is 2.48. The third kappa shape index (κ3) is 6.95. The van der Waals surface area contributed by atoms with E-state index in [1.165, 1.54) is 20.4 Å². The molecule has 0 atom stereocenters. The van der Waals surface area contributed by atoms with Gasteiger partial charge in [-0.3, -0.25) is 9.59 Å². The summed E-state index contributed by atoms with van der Waals surface area (Å²) in [5.74, 6) is -4.29. The van der Waals surface area contributed by atoms with E-state index >= 15 is 0 Å². The summed E-state index contributed by atoms with van der Waals surface area (Å²) >= 11 is 0. The van der Waals surface area contributed by atoms with Crippen molar-refractivity contribution in [2.24, 2.45) is 0 Å². The van der Waals surface area contributed by atoms with Crippen molar-refractivity contribution in [2.75, 3.05) is 56.0 Å². The Morgan fingerprint density at radius 3 is 2.41 bits per heavy atom. The number of nitrogens with one attached hydrogen (secondary N) is 1. The molecule has 0 unspecified atom stereocenters. The maximum atomic E-state index is 14.9. The van der Waals surface area contributed by atoms with E-state index in [0.29, 0.717) is 42.9 Å². The van der Waals surface area contributed by atoms with Crippen molar-refractivity contribution in [3.05, 3.63) is 30.0 Å². The molecule has 0 bridgehead atoms. The van der Waals surface area contributed by atoms with E-state index in [1.54, 1.807) is 39.9 Å². The first kappa shape index (κ1) is 33.1. The fourth-order valence-electron chi connectivity index (χ4n) is 6.28. The molecule has 14 heteroatoms. The molecule has 250 valence electrons. The average molecular weight is 644 g/mol. The van der Waals surface area contributed by atoms with E-state index in [1.807, 2.05) is 20.8 Å². The Hall–Kier alpha value is -4.23. The van der Waals surface area contributed by atoms with Crippen LogP contribution in [0.2, 0.25) is 0 Å². The number of nitrogens with zero attached hydrogens (tertiary/aromatic N) is 6. The molecule has 1 N–H and O–H groups in total. The monoisotopic (exact) mass is 643 g/mol. The Morgan fingerprint density at radius 2 is 1.78 bits per heavy atom. The molecule has 1 aromatic carbocycles. The number of ether oxygens (including phenoxy) is 2. The van der Waals surface area contributed by atoms with Gasteiger partial charge in [-0.15, -0.1) is 0 Å². The standard InChI is InChI=1S/C32H43F2N7O5/c1-31(2,3)46-30(44)40-15-13-21(14-16-40)38(4)27(42)20-11-12-23(25(17-20)45-6)36-29-35-18-24-26(37-29)41(22-9-7-8-10-22)19-32(33,34)28(43)39(24)5/h11-12,17-18,21-22H,7-10,13-16,19H2,1-6H3,(H,35,36,37). The van der Waals surface area contributed by atoms with Crippen molar-refractivity contribution < 1.29 is 32.6 Å². The first-order valence-corrected chi connectivity index (χ1v) is 15.7. The van der Waals surface area contributed by atoms with E-state index in [4.69, 9.17) is 9.47 Å². The Labute approximate surface area is 268 Å². The Bertz CT molecular complexity index is 1470. The van der Waals surface area contributed by atoms with Crippen molar-refractivity contribution in [3.63, 3.8) is 0 Å². The number of likely N-dealkylation sites (tertiary alicyclic amines) is 1. The predicted octanol–water partition coefficient (Wildman–Crippen LogP) is 5.06. The van der Waals surface area contributed by atoms with E-state index in [2.05, 4.69) is 15.3 Å². The molecule has 0 spiro atoms. The lowest BCUT2D eigenvalue weighted by molar-refractivity contribution is -0.140. The number of hydrogen-bond donors (Lipinski definition) is 1. The number of fused-ring (bicyclic) bond motifs is 1. The summed E-state index contributed by atoms with van der Waals surface area (Å²) in [6.07, 6.45) is 5.59. The number of halogens is 2. The van der Waals surface area contributed by atoms with Crippen molar-refractivity contribution in [1.29, 1.82) is 0 Å². The Kier molecular flexibility index (Phi) is 9.28. The van der Waals surface area contributed by atoms with Gasteiger partial charge < -0.3 is 34.4 Å². The molecule has 12 nitrogen and oxygen atoms in total. The minimum absolute atomic E-state index is 0.0526. The van der Waals surface area contributed by atoms with Crippen molar-refractivity contribution in [3.8, 4) is 5.75 Å². The molecule has 1 saturated carbocycles. The van der Waals surface area contributed by atoms with Gasteiger partial charge >= 0.3 is 12.0 Å². The van der Waals surface area contributed by atoms with Crippen LogP contribution in [0.1, 0.15) is 69.7 Å². The van der Waals surface area contributed by atoms with Crippen LogP contribution in [-0.4, -0.2) is 102 Å². The lowest BCUT2D eigenvalue weighted by Crippen LogP contribution is -2.48. The number of carbonyl (C=O) groups is 3. The number of carbonyl (C=O) groups excluding carboxylic acids is 3. The number of aromatic nitrogens is 2. The summed E-state index contributed by atoms with van der Waals surface area (Å²) < 4.78 is 41.0. The van der Waals surface area contributed by atoms with Crippen LogP contribution in [0.25, 0.3) is 0 Å². The number of amides is 3. The van der Waals surface area contributed by atoms with Crippen LogP contribution in [0.3, 0.4) is 0 Å². The number of benzene rings is 1. The minimum Gasteiger partial charge on any atom is -0.495 e. The molecule has 0 radical (unpaired) electrons. The smallest absolute Gasteiger partial charge is 0.410 e. The number of alkyl halides is 2. The zero-order valence-electron chi connectivity index (χ0n) is 27.3. The molecule has 1 aromatic heterocycles. The number of hydrogen-bond acceptors (Lipinski definition) is 9. The normalized spacial score (nSPS) is 19.0. The second-order valence-corrected chi connectivity index (χ2v) is 13.2. The zero-order valence-corrected chi connectivity index (χ0v) is 27.3. The lowest BCUT2D eigenvalue weighted by atomic mass is 10.0. The molecule has 2 aromatic rings. The third-order valence-electron chi connectivity index (χ3n) is 8.81. The molecule has 1 saturated heterocycles. The Balaban J connectivity index is 1.31. The number of anilines is 4. The number of rotatable bonds is 6. The van der Waals surface area contributed by atoms with E-state index in [0.717, 1.165) is 30.6 Å². The van der Waals surface area contributed by atoms with Gasteiger partial charge in [-0.1, -0.05) is 12.8 Å². The van der Waals surface area contributed by atoms with Crippen LogP contribution >= 0.6 is 0 Å². The second kappa shape index (κ2) is 12.9. The van der Waals surface area contributed by atoms with Gasteiger partial charge in [-0.2, -0.15) is 13.8 Å². The summed E-state index contributed by atoms with van der Waals surface area (Å²) in [6, 6.07) is 4.76. The zero-order chi connectivity index (χ0) is 33.4. The summed E-state index contributed by atoms with van der Waals surface area (Å²) in [5, 5.41) is 3.10. The van der Waals surface area contributed by atoms with E-state index in [-0.39, 0.29) is 41.5 Å². The highest BCUT2D eigenvalue weighted by atomic mass is 19.3. The van der Waals surface area contributed by atoms with Crippen molar-refractivity contribution in [2.45, 2.75) is 82.9 Å². The number of piperidine rings is 1. The van der Waals surface area contributed by atoms with Crippen molar-refractivity contribution in [1.82, 2.24) is 19.8 Å². The maximum absolute atomic E-state index is 14.9. The van der Waals surface area contributed by atoms with Gasteiger partial charge in [0.25, 0.3) is 11.8 Å². The van der Waals surface area contributed by atoms with Gasteiger partial charge in [-0.05, 0) is 64.7 Å². The van der Waals surface area contributed by atoms with Crippen LogP contribution in [0, 0.1) is 0 Å². The van der Waals surface area contributed by atoms with Gasteiger partial charge in [0.2, 0.25) is 5.95 Å². The number of methoxy groups -OCH3 is 1. The Morgan fingerprint density at radius 1 is 1.11 bits per heavy atom. The average Bonchev–Trinajstić information content (AvgIpc) is 3.54. The second-order valence-electron chi connectivity index (χ2n) is 13.2. The maximum Gasteiger partial charge on any atom is 0.410 e. The highest BCUT2D eigenvalue weighted by Crippen LogP contribution is 2.40. The van der Waals surface area contributed by atoms with Crippen LogP contribution in [0.5, 0.6) is 5.75 Å². The van der Waals surface area contributed by atoms with Gasteiger partial charge in [-0.25, -0.2) is 9.78 Å². The molecular formula is C32H43F2N7O5. The van der Waals surface area contributed by atoms with Crippen LogP contribution in [0.4, 0.5) is 36.7 Å². The SMILES string of the molecule is COc1cc(C(=O)N(C)C2CCN(C(=O)OC(C)(C)C)CC2)ccc1Nc1ncc2c(n1)N(C1CCCC1)CC(F)(F)C(=O)N2C. The molecule has 2 fully saturated rings. The van der Waals surface area contributed by atoms with E-state index < -0.39 is 24.0 Å². The van der Waals surface area contributed by atoms with Crippen LogP contribution in [-0.2, 0) is 9.53 Å². The molecule has 3 heterocycles. The van der Waals surface area contributed by atoms with Crippen LogP contribution < -0.4 is 19.9 Å². The third-order valence-corrected chi connectivity index (χ3v) is 8.81. The molecule has 3 amide bonds. The van der Waals surface area contributed by atoms with E-state index in [9.17, 15) is 23.2 Å². The first-order valence-electron chi connectivity index (χ1n) is 15.7. The fraction of sp³-hybridized carbons (Fsp3) is 0.594.